The third kappa shape index (κ3) is 3.33. The molecule has 6 nitrogen and oxygen atoms in total. The highest BCUT2D eigenvalue weighted by Gasteiger charge is 2.39. The number of carbonyl (C=O) groups excluding carboxylic acids is 1. The summed E-state index contributed by atoms with van der Waals surface area (Å²) in [5.74, 6) is -1.53. The van der Waals surface area contributed by atoms with E-state index in [1.165, 1.54) is 0 Å². The second-order valence-electron chi connectivity index (χ2n) is 4.07. The summed E-state index contributed by atoms with van der Waals surface area (Å²) < 4.78 is 5.17. The fourth-order valence-electron chi connectivity index (χ4n) is 1.95. The SMILES string of the molecule is CCCNC(=O)N(CC)C1COCC1C(=O)O. The number of carbonyl (C=O) groups is 2. The summed E-state index contributed by atoms with van der Waals surface area (Å²) >= 11 is 0. The first-order valence-corrected chi connectivity index (χ1v) is 5.96. The lowest BCUT2D eigenvalue weighted by atomic mass is 10.0. The third-order valence-electron chi connectivity index (χ3n) is 2.90. The van der Waals surface area contributed by atoms with E-state index in [1.807, 2.05) is 13.8 Å². The van der Waals surface area contributed by atoms with Gasteiger partial charge >= 0.3 is 12.0 Å². The van der Waals surface area contributed by atoms with E-state index in [4.69, 9.17) is 9.84 Å². The normalized spacial score (nSPS) is 23.4. The van der Waals surface area contributed by atoms with Gasteiger partial charge in [-0.1, -0.05) is 6.92 Å². The van der Waals surface area contributed by atoms with Gasteiger partial charge in [0.2, 0.25) is 0 Å². The number of aliphatic carboxylic acids is 1. The Hall–Kier alpha value is -1.30. The Bertz CT molecular complexity index is 283. The molecule has 1 saturated heterocycles. The lowest BCUT2D eigenvalue weighted by molar-refractivity contribution is -0.142. The summed E-state index contributed by atoms with van der Waals surface area (Å²) in [6.45, 7) is 5.36. The Labute approximate surface area is 101 Å². The fraction of sp³-hybridized carbons (Fsp3) is 0.818. The van der Waals surface area contributed by atoms with Crippen molar-refractivity contribution in [1.82, 2.24) is 10.2 Å². The maximum absolute atomic E-state index is 11.9. The molecule has 98 valence electrons. The molecule has 0 radical (unpaired) electrons. The monoisotopic (exact) mass is 244 g/mol. The molecule has 0 aromatic heterocycles. The van der Waals surface area contributed by atoms with Crippen molar-refractivity contribution in [3.05, 3.63) is 0 Å². The van der Waals surface area contributed by atoms with Crippen LogP contribution in [0.25, 0.3) is 0 Å². The van der Waals surface area contributed by atoms with E-state index in [-0.39, 0.29) is 18.7 Å². The highest BCUT2D eigenvalue weighted by Crippen LogP contribution is 2.20. The summed E-state index contributed by atoms with van der Waals surface area (Å²) in [4.78, 5) is 24.4. The Morgan fingerprint density at radius 2 is 2.12 bits per heavy atom. The quantitative estimate of drug-likeness (QED) is 0.739. The van der Waals surface area contributed by atoms with E-state index in [2.05, 4.69) is 5.32 Å². The number of carboxylic acids is 1. The molecular weight excluding hydrogens is 224 g/mol. The van der Waals surface area contributed by atoms with E-state index in [0.29, 0.717) is 19.7 Å². The zero-order valence-electron chi connectivity index (χ0n) is 10.3. The van der Waals surface area contributed by atoms with Crippen LogP contribution in [-0.2, 0) is 9.53 Å². The maximum Gasteiger partial charge on any atom is 0.317 e. The number of ether oxygens (including phenoxy) is 1. The molecule has 0 aromatic rings. The molecule has 0 aromatic carbocycles. The summed E-state index contributed by atoms with van der Waals surface area (Å²) in [5.41, 5.74) is 0. The lowest BCUT2D eigenvalue weighted by Gasteiger charge is -2.29. The number of likely N-dealkylation sites (N-methyl/N-ethyl adjacent to an activating group) is 1. The van der Waals surface area contributed by atoms with Crippen LogP contribution in [0.4, 0.5) is 4.79 Å². The molecule has 1 fully saturated rings. The number of urea groups is 1. The number of rotatable bonds is 5. The molecule has 0 saturated carbocycles. The second-order valence-corrected chi connectivity index (χ2v) is 4.07. The van der Waals surface area contributed by atoms with Gasteiger partial charge in [-0.3, -0.25) is 4.79 Å². The highest BCUT2D eigenvalue weighted by molar-refractivity contribution is 5.77. The van der Waals surface area contributed by atoms with Crippen LogP contribution in [0.5, 0.6) is 0 Å². The van der Waals surface area contributed by atoms with Crippen LogP contribution in [0, 0.1) is 5.92 Å². The van der Waals surface area contributed by atoms with Crippen molar-refractivity contribution in [2.45, 2.75) is 26.3 Å². The number of nitrogens with zero attached hydrogens (tertiary/aromatic N) is 1. The summed E-state index contributed by atoms with van der Waals surface area (Å²) in [6, 6.07) is -0.578. The van der Waals surface area contributed by atoms with Crippen LogP contribution < -0.4 is 5.32 Å². The largest absolute Gasteiger partial charge is 0.481 e. The number of amides is 2. The summed E-state index contributed by atoms with van der Waals surface area (Å²) in [7, 11) is 0. The number of carboxylic acid groups (broad SMARTS) is 1. The van der Waals surface area contributed by atoms with Crippen molar-refractivity contribution in [3.8, 4) is 0 Å². The van der Waals surface area contributed by atoms with Crippen LogP contribution in [0.2, 0.25) is 0 Å². The van der Waals surface area contributed by atoms with Crippen LogP contribution >= 0.6 is 0 Å². The van der Waals surface area contributed by atoms with Crippen LogP contribution in [0.3, 0.4) is 0 Å². The predicted octanol–water partition coefficient (Wildman–Crippen LogP) is 0.527. The molecule has 17 heavy (non-hydrogen) atoms. The molecule has 2 amide bonds. The number of nitrogens with one attached hydrogen (secondary N) is 1. The molecule has 0 aliphatic carbocycles. The minimum atomic E-state index is -0.908. The average Bonchev–Trinajstić information content (AvgIpc) is 2.76. The number of hydrogen-bond donors (Lipinski definition) is 2. The van der Waals surface area contributed by atoms with Gasteiger partial charge in [-0.05, 0) is 13.3 Å². The smallest absolute Gasteiger partial charge is 0.317 e. The predicted molar refractivity (Wildman–Crippen MR) is 61.8 cm³/mol. The van der Waals surface area contributed by atoms with E-state index < -0.39 is 11.9 Å². The van der Waals surface area contributed by atoms with Crippen LogP contribution in [0.15, 0.2) is 0 Å². The molecule has 2 unspecified atom stereocenters. The topological polar surface area (TPSA) is 78.9 Å². The average molecular weight is 244 g/mol. The van der Waals surface area contributed by atoms with Crippen molar-refractivity contribution >= 4 is 12.0 Å². The molecule has 1 aliphatic heterocycles. The van der Waals surface area contributed by atoms with Gasteiger partial charge in [-0.2, -0.15) is 0 Å². The molecule has 2 atom stereocenters. The molecular formula is C11H20N2O4. The fourth-order valence-corrected chi connectivity index (χ4v) is 1.95. The van der Waals surface area contributed by atoms with Crippen LogP contribution in [0.1, 0.15) is 20.3 Å². The van der Waals surface area contributed by atoms with E-state index in [1.54, 1.807) is 4.90 Å². The zero-order valence-corrected chi connectivity index (χ0v) is 10.3. The first-order valence-electron chi connectivity index (χ1n) is 5.96. The van der Waals surface area contributed by atoms with Crippen molar-refractivity contribution < 1.29 is 19.4 Å². The molecule has 1 heterocycles. The van der Waals surface area contributed by atoms with Gasteiger partial charge < -0.3 is 20.1 Å². The van der Waals surface area contributed by atoms with Crippen molar-refractivity contribution in [2.24, 2.45) is 5.92 Å². The molecule has 1 aliphatic rings. The summed E-state index contributed by atoms with van der Waals surface area (Å²) in [6.07, 6.45) is 0.854. The minimum Gasteiger partial charge on any atom is -0.481 e. The van der Waals surface area contributed by atoms with Gasteiger partial charge in [-0.25, -0.2) is 4.79 Å². The van der Waals surface area contributed by atoms with Crippen molar-refractivity contribution in [2.75, 3.05) is 26.3 Å². The van der Waals surface area contributed by atoms with Crippen molar-refractivity contribution in [1.29, 1.82) is 0 Å². The van der Waals surface area contributed by atoms with E-state index in [9.17, 15) is 9.59 Å². The first kappa shape index (κ1) is 13.8. The lowest BCUT2D eigenvalue weighted by Crippen LogP contribution is -2.50. The van der Waals surface area contributed by atoms with Gasteiger partial charge in [0.15, 0.2) is 0 Å². The van der Waals surface area contributed by atoms with Gasteiger partial charge in [0.05, 0.1) is 19.3 Å². The Kier molecular flexibility index (Phi) is 5.21. The zero-order chi connectivity index (χ0) is 12.8. The Morgan fingerprint density at radius 3 is 2.65 bits per heavy atom. The Morgan fingerprint density at radius 1 is 1.41 bits per heavy atom. The first-order chi connectivity index (χ1) is 8.11. The van der Waals surface area contributed by atoms with Gasteiger partial charge in [0.25, 0.3) is 0 Å². The molecule has 1 rings (SSSR count). The molecule has 0 spiro atoms. The maximum atomic E-state index is 11.9. The molecule has 6 heteroatoms. The summed E-state index contributed by atoms with van der Waals surface area (Å²) in [5, 5.41) is 11.8. The van der Waals surface area contributed by atoms with Gasteiger partial charge in [0, 0.05) is 13.1 Å². The number of hydrogen-bond acceptors (Lipinski definition) is 3. The van der Waals surface area contributed by atoms with Crippen LogP contribution in [-0.4, -0.2) is 54.4 Å². The standard InChI is InChI=1S/C11H20N2O4/c1-3-5-12-11(16)13(4-2)9-7-17-6-8(9)10(14)15/h8-9H,3-7H2,1-2H3,(H,12,16)(H,14,15). The molecule has 2 N–H and O–H groups in total. The third-order valence-corrected chi connectivity index (χ3v) is 2.90. The van der Waals surface area contributed by atoms with Crippen molar-refractivity contribution in [3.63, 3.8) is 0 Å². The van der Waals surface area contributed by atoms with E-state index in [0.717, 1.165) is 6.42 Å². The highest BCUT2D eigenvalue weighted by atomic mass is 16.5. The van der Waals surface area contributed by atoms with E-state index >= 15 is 0 Å². The van der Waals surface area contributed by atoms with Gasteiger partial charge in [-0.15, -0.1) is 0 Å². The second kappa shape index (κ2) is 6.44. The van der Waals surface area contributed by atoms with Gasteiger partial charge in [0.1, 0.15) is 5.92 Å². The minimum absolute atomic E-state index is 0.178. The Balaban J connectivity index is 2.65. The molecule has 0 bridgehead atoms.